The van der Waals surface area contributed by atoms with Crippen LogP contribution in [0.2, 0.25) is 0 Å². The van der Waals surface area contributed by atoms with Crippen LogP contribution in [-0.4, -0.2) is 46.0 Å². The molecule has 1 saturated carbocycles. The molecule has 4 atom stereocenters. The van der Waals surface area contributed by atoms with E-state index in [2.05, 4.69) is 17.6 Å². The van der Waals surface area contributed by atoms with Gasteiger partial charge >= 0.3 is 6.09 Å². The number of carbonyl (C=O) groups is 3. The molecule has 0 saturated heterocycles. The number of nitrogens with one attached hydrogen (secondary N) is 2. The highest BCUT2D eigenvalue weighted by molar-refractivity contribution is 5.92. The van der Waals surface area contributed by atoms with Crippen LogP contribution >= 0.6 is 0 Å². The van der Waals surface area contributed by atoms with Crippen molar-refractivity contribution in [3.63, 3.8) is 0 Å². The van der Waals surface area contributed by atoms with Crippen LogP contribution < -0.4 is 10.6 Å². The molecule has 0 heterocycles. The fourth-order valence-electron chi connectivity index (χ4n) is 4.12. The van der Waals surface area contributed by atoms with Crippen molar-refractivity contribution >= 4 is 17.9 Å². The Morgan fingerprint density at radius 3 is 2.03 bits per heavy atom. The zero-order valence-electron chi connectivity index (χ0n) is 23.2. The molecule has 7 heteroatoms. The van der Waals surface area contributed by atoms with E-state index in [1.807, 2.05) is 65.8 Å². The van der Waals surface area contributed by atoms with E-state index in [-0.39, 0.29) is 29.7 Å². The molecule has 196 valence electrons. The molecule has 1 fully saturated rings. The Bertz CT molecular complexity index is 896. The molecule has 0 spiro atoms. The Morgan fingerprint density at radius 2 is 1.60 bits per heavy atom. The quantitative estimate of drug-likeness (QED) is 0.532. The van der Waals surface area contributed by atoms with Crippen molar-refractivity contribution in [3.05, 3.63) is 35.4 Å². The molecule has 2 N–H and O–H groups in total. The number of alkyl carbamates (subject to hydrolysis) is 1. The molecule has 1 aliphatic carbocycles. The number of ether oxygens (including phenoxy) is 1. The van der Waals surface area contributed by atoms with Gasteiger partial charge in [-0.1, -0.05) is 50.6 Å². The highest BCUT2D eigenvalue weighted by Gasteiger charge is 2.48. The van der Waals surface area contributed by atoms with E-state index >= 15 is 0 Å². The number of amides is 3. The Hall–Kier alpha value is -2.57. The smallest absolute Gasteiger partial charge is 0.408 e. The maximum absolute atomic E-state index is 14.1. The number of hydrogen-bond acceptors (Lipinski definition) is 4. The summed E-state index contributed by atoms with van der Waals surface area (Å²) in [6.45, 7) is 19.2. The van der Waals surface area contributed by atoms with Crippen LogP contribution in [0.5, 0.6) is 0 Å². The molecule has 7 nitrogen and oxygen atoms in total. The molecule has 4 unspecified atom stereocenters. The van der Waals surface area contributed by atoms with Gasteiger partial charge in [-0.15, -0.1) is 0 Å². The van der Waals surface area contributed by atoms with Crippen molar-refractivity contribution in [3.8, 4) is 0 Å². The first-order valence-corrected chi connectivity index (χ1v) is 12.7. The van der Waals surface area contributed by atoms with Crippen LogP contribution in [0, 0.1) is 18.8 Å². The largest absolute Gasteiger partial charge is 0.444 e. The lowest BCUT2D eigenvalue weighted by Gasteiger charge is -2.37. The second-order valence-electron chi connectivity index (χ2n) is 12.4. The normalized spacial score (nSPS) is 19.5. The van der Waals surface area contributed by atoms with E-state index < -0.39 is 29.3 Å². The van der Waals surface area contributed by atoms with Crippen LogP contribution in [0.3, 0.4) is 0 Å². The van der Waals surface area contributed by atoms with E-state index in [0.29, 0.717) is 6.42 Å². The van der Waals surface area contributed by atoms with Crippen LogP contribution in [0.25, 0.3) is 0 Å². The summed E-state index contributed by atoms with van der Waals surface area (Å²) in [7, 11) is 0. The molecule has 1 aliphatic rings. The van der Waals surface area contributed by atoms with Crippen LogP contribution in [0.1, 0.15) is 92.3 Å². The zero-order chi connectivity index (χ0) is 26.7. The summed E-state index contributed by atoms with van der Waals surface area (Å²) < 4.78 is 5.45. The third-order valence-electron chi connectivity index (χ3n) is 5.79. The second kappa shape index (κ2) is 11.0. The minimum absolute atomic E-state index is 0.0744. The molecular formula is C28H45N3O4. The maximum Gasteiger partial charge on any atom is 0.408 e. The highest BCUT2D eigenvalue weighted by Crippen LogP contribution is 2.41. The lowest BCUT2D eigenvalue weighted by molar-refractivity contribution is -0.144. The first kappa shape index (κ1) is 28.7. The third-order valence-corrected chi connectivity index (χ3v) is 5.79. The number of nitrogens with zero attached hydrogens (tertiary/aromatic N) is 1. The SMILES string of the molecule is Cc1ccc(C(C(=O)NC(C)(C)C)N(C(=O)C(CC(C)C)NC(=O)OC(C)(C)C)C2CC2C)cc1. The van der Waals surface area contributed by atoms with Gasteiger partial charge in [0.05, 0.1) is 0 Å². The van der Waals surface area contributed by atoms with E-state index in [0.717, 1.165) is 17.5 Å². The molecule has 3 amide bonds. The number of aryl methyl sites for hydroxylation is 1. The molecule has 1 aromatic rings. The van der Waals surface area contributed by atoms with Gasteiger partial charge < -0.3 is 20.3 Å². The summed E-state index contributed by atoms with van der Waals surface area (Å²) in [6, 6.07) is 6.06. The Kier molecular flexibility index (Phi) is 9.01. The van der Waals surface area contributed by atoms with Crippen LogP contribution in [0.4, 0.5) is 4.79 Å². The fourth-order valence-corrected chi connectivity index (χ4v) is 4.12. The van der Waals surface area contributed by atoms with Crippen LogP contribution in [-0.2, 0) is 14.3 Å². The third kappa shape index (κ3) is 8.86. The Labute approximate surface area is 211 Å². The molecule has 0 radical (unpaired) electrons. The van der Waals surface area contributed by atoms with Gasteiger partial charge in [0, 0.05) is 11.6 Å². The van der Waals surface area contributed by atoms with Gasteiger partial charge in [-0.3, -0.25) is 9.59 Å². The minimum Gasteiger partial charge on any atom is -0.444 e. The van der Waals surface area contributed by atoms with Gasteiger partial charge in [0.25, 0.3) is 0 Å². The highest BCUT2D eigenvalue weighted by atomic mass is 16.6. The van der Waals surface area contributed by atoms with Crippen molar-refractivity contribution in [2.45, 2.75) is 111 Å². The molecular weight excluding hydrogens is 442 g/mol. The van der Waals surface area contributed by atoms with Gasteiger partial charge in [0.1, 0.15) is 17.7 Å². The Balaban J connectivity index is 2.49. The molecule has 1 aromatic carbocycles. The van der Waals surface area contributed by atoms with Gasteiger partial charge in [-0.25, -0.2) is 4.79 Å². The summed E-state index contributed by atoms with van der Waals surface area (Å²) in [4.78, 5) is 42.2. The number of benzene rings is 1. The van der Waals surface area contributed by atoms with Crippen molar-refractivity contribution in [1.29, 1.82) is 0 Å². The van der Waals surface area contributed by atoms with Gasteiger partial charge in [0.2, 0.25) is 11.8 Å². The number of rotatable bonds is 8. The lowest BCUT2D eigenvalue weighted by atomic mass is 9.97. The van der Waals surface area contributed by atoms with Crippen molar-refractivity contribution in [2.24, 2.45) is 11.8 Å². The molecule has 2 rings (SSSR count). The topological polar surface area (TPSA) is 87.7 Å². The van der Waals surface area contributed by atoms with Crippen molar-refractivity contribution < 1.29 is 19.1 Å². The second-order valence-corrected chi connectivity index (χ2v) is 12.4. The van der Waals surface area contributed by atoms with Gasteiger partial charge in [-0.2, -0.15) is 0 Å². The maximum atomic E-state index is 14.1. The summed E-state index contributed by atoms with van der Waals surface area (Å²) in [5.74, 6) is -0.0583. The molecule has 35 heavy (non-hydrogen) atoms. The number of hydrogen-bond donors (Lipinski definition) is 2. The van der Waals surface area contributed by atoms with Crippen molar-refractivity contribution in [2.75, 3.05) is 0 Å². The van der Waals surface area contributed by atoms with Gasteiger partial charge in [0.15, 0.2) is 0 Å². The summed E-state index contributed by atoms with van der Waals surface area (Å²) in [5.41, 5.74) is 0.684. The predicted molar refractivity (Wildman–Crippen MR) is 139 cm³/mol. The van der Waals surface area contributed by atoms with Gasteiger partial charge in [-0.05, 0) is 78.7 Å². The van der Waals surface area contributed by atoms with E-state index in [1.165, 1.54) is 0 Å². The lowest BCUT2D eigenvalue weighted by Crippen LogP contribution is -2.55. The standard InChI is InChI=1S/C28H45N3O4/c1-17(2)15-21(29-26(34)35-28(8,9)10)25(33)31(22-16-19(22)4)23(24(32)30-27(5,6)7)20-13-11-18(3)12-14-20/h11-14,17,19,21-23H,15-16H2,1-10H3,(H,29,34)(H,30,32). The Morgan fingerprint density at radius 1 is 1.06 bits per heavy atom. The fraction of sp³-hybridized carbons (Fsp3) is 0.679. The van der Waals surface area contributed by atoms with Crippen molar-refractivity contribution in [1.82, 2.24) is 15.5 Å². The summed E-state index contributed by atoms with van der Waals surface area (Å²) in [6.07, 6.45) is 0.626. The van der Waals surface area contributed by atoms with E-state index in [4.69, 9.17) is 4.74 Å². The molecule has 0 aromatic heterocycles. The predicted octanol–water partition coefficient (Wildman–Crippen LogP) is 5.13. The average molecular weight is 488 g/mol. The molecule has 0 aliphatic heterocycles. The van der Waals surface area contributed by atoms with Crippen LogP contribution in [0.15, 0.2) is 24.3 Å². The number of carbonyl (C=O) groups excluding carboxylic acids is 3. The first-order valence-electron chi connectivity index (χ1n) is 12.7. The minimum atomic E-state index is -0.799. The van der Waals surface area contributed by atoms with E-state index in [1.54, 1.807) is 25.7 Å². The zero-order valence-corrected chi connectivity index (χ0v) is 23.2. The summed E-state index contributed by atoms with van der Waals surface area (Å²) >= 11 is 0. The molecule has 0 bridgehead atoms. The monoisotopic (exact) mass is 487 g/mol. The van der Waals surface area contributed by atoms with E-state index in [9.17, 15) is 14.4 Å². The summed E-state index contributed by atoms with van der Waals surface area (Å²) in [5, 5.41) is 5.87. The first-order chi connectivity index (χ1) is 16.0. The average Bonchev–Trinajstić information content (AvgIpc) is 3.38.